The largest absolute Gasteiger partial charge is 0.309 e. The van der Waals surface area contributed by atoms with Gasteiger partial charge < -0.3 is 4.57 Å². The Hall–Kier alpha value is -8.14. The van der Waals surface area contributed by atoms with E-state index in [0.29, 0.717) is 0 Å². The van der Waals surface area contributed by atoms with Crippen LogP contribution in [0.4, 0.5) is 0 Å². The highest BCUT2D eigenvalue weighted by atomic mass is 15.0. The Kier molecular flexibility index (Phi) is 7.95. The quantitative estimate of drug-likeness (QED) is 0.162. The molecule has 0 aliphatic heterocycles. The van der Waals surface area contributed by atoms with E-state index in [9.17, 15) is 0 Å². The SMILES string of the molecule is CC1(C)c2ccccc2-c2ccc(-n3c4ccccc4c4cc(-c5ccc(-c6cccc(-c7cccc(-c8cnc9c%10ccccc%10c%10ccccc%10c9n8)c7)c6)cc5)ccc43)cc21. The van der Waals surface area contributed by atoms with Crippen molar-refractivity contribution >= 4 is 54.4 Å². The first-order valence-corrected chi connectivity index (χ1v) is 22.1. The molecule has 0 radical (unpaired) electrons. The fourth-order valence-electron chi connectivity index (χ4n) is 10.6. The maximum atomic E-state index is 5.26. The van der Waals surface area contributed by atoms with Crippen LogP contribution in [-0.4, -0.2) is 14.5 Å². The first-order valence-electron chi connectivity index (χ1n) is 22.1. The highest BCUT2D eigenvalue weighted by Gasteiger charge is 2.35. The maximum Gasteiger partial charge on any atom is 0.0979 e. The van der Waals surface area contributed by atoms with Gasteiger partial charge in [-0.1, -0.05) is 178 Å². The maximum absolute atomic E-state index is 5.26. The van der Waals surface area contributed by atoms with E-state index in [0.717, 1.165) is 44.2 Å². The minimum Gasteiger partial charge on any atom is -0.309 e. The lowest BCUT2D eigenvalue weighted by atomic mass is 9.82. The van der Waals surface area contributed by atoms with Crippen molar-refractivity contribution in [2.75, 3.05) is 0 Å². The number of nitrogens with zero attached hydrogens (tertiary/aromatic N) is 3. The lowest BCUT2D eigenvalue weighted by Gasteiger charge is -2.22. The molecule has 0 spiro atoms. The van der Waals surface area contributed by atoms with Gasteiger partial charge in [-0.3, -0.25) is 4.98 Å². The zero-order chi connectivity index (χ0) is 42.5. The molecule has 12 aromatic rings. The van der Waals surface area contributed by atoms with E-state index in [4.69, 9.17) is 9.97 Å². The normalized spacial score (nSPS) is 13.0. The monoisotopic (exact) mass is 815 g/mol. The fraction of sp³-hybridized carbons (Fsp3) is 0.0492. The summed E-state index contributed by atoms with van der Waals surface area (Å²) in [6.45, 7) is 4.71. The van der Waals surface area contributed by atoms with E-state index in [-0.39, 0.29) is 5.41 Å². The van der Waals surface area contributed by atoms with Gasteiger partial charge in [-0.25, -0.2) is 4.98 Å². The van der Waals surface area contributed by atoms with Crippen molar-refractivity contribution in [1.29, 1.82) is 0 Å². The van der Waals surface area contributed by atoms with E-state index in [1.165, 1.54) is 82.8 Å². The average Bonchev–Trinajstić information content (AvgIpc) is 3.81. The zero-order valence-electron chi connectivity index (χ0n) is 35.5. The third-order valence-corrected chi connectivity index (χ3v) is 13.8. The molecule has 2 aromatic heterocycles. The molecule has 0 N–H and O–H groups in total. The van der Waals surface area contributed by atoms with Crippen LogP contribution in [0.1, 0.15) is 25.0 Å². The third kappa shape index (κ3) is 5.54. The van der Waals surface area contributed by atoms with E-state index in [2.05, 4.69) is 225 Å². The number of hydrogen-bond donors (Lipinski definition) is 0. The number of hydrogen-bond acceptors (Lipinski definition) is 2. The number of benzene rings is 10. The molecule has 0 saturated carbocycles. The van der Waals surface area contributed by atoms with Crippen molar-refractivity contribution in [3.05, 3.63) is 224 Å². The molecule has 2 heterocycles. The second kappa shape index (κ2) is 13.9. The van der Waals surface area contributed by atoms with Gasteiger partial charge in [-0.2, -0.15) is 0 Å². The molecule has 13 rings (SSSR count). The number of para-hydroxylation sites is 1. The summed E-state index contributed by atoms with van der Waals surface area (Å²) >= 11 is 0. The zero-order valence-corrected chi connectivity index (χ0v) is 35.5. The van der Waals surface area contributed by atoms with E-state index in [1.54, 1.807) is 0 Å². The topological polar surface area (TPSA) is 30.7 Å². The molecule has 0 unspecified atom stereocenters. The van der Waals surface area contributed by atoms with Crippen molar-refractivity contribution in [2.45, 2.75) is 19.3 Å². The van der Waals surface area contributed by atoms with Gasteiger partial charge in [0.25, 0.3) is 0 Å². The molecular weight excluding hydrogens is 775 g/mol. The summed E-state index contributed by atoms with van der Waals surface area (Å²) in [5, 5.41) is 7.16. The van der Waals surface area contributed by atoms with Crippen LogP contribution in [0, 0.1) is 0 Å². The summed E-state index contributed by atoms with van der Waals surface area (Å²) in [7, 11) is 0. The molecular formula is C61H41N3. The van der Waals surface area contributed by atoms with Crippen LogP contribution in [0.5, 0.6) is 0 Å². The molecule has 0 saturated heterocycles. The van der Waals surface area contributed by atoms with Gasteiger partial charge in [0.1, 0.15) is 0 Å². The first kappa shape index (κ1) is 36.5. The van der Waals surface area contributed by atoms with Crippen LogP contribution in [0.3, 0.4) is 0 Å². The predicted molar refractivity (Wildman–Crippen MR) is 268 cm³/mol. The molecule has 1 aliphatic rings. The van der Waals surface area contributed by atoms with Crippen LogP contribution in [0.2, 0.25) is 0 Å². The van der Waals surface area contributed by atoms with Gasteiger partial charge in [0.15, 0.2) is 0 Å². The summed E-state index contributed by atoms with van der Waals surface area (Å²) in [5.74, 6) is 0. The van der Waals surface area contributed by atoms with E-state index < -0.39 is 0 Å². The van der Waals surface area contributed by atoms with E-state index >= 15 is 0 Å². The molecule has 0 bridgehead atoms. The lowest BCUT2D eigenvalue weighted by molar-refractivity contribution is 0.660. The van der Waals surface area contributed by atoms with Crippen molar-refractivity contribution in [3.63, 3.8) is 0 Å². The van der Waals surface area contributed by atoms with Crippen LogP contribution in [0.15, 0.2) is 212 Å². The molecule has 0 atom stereocenters. The highest BCUT2D eigenvalue weighted by Crippen LogP contribution is 2.49. The predicted octanol–water partition coefficient (Wildman–Crippen LogP) is 16.0. The number of rotatable bonds is 5. The number of fused-ring (bicyclic) bond motifs is 12. The first-order chi connectivity index (χ1) is 31.5. The van der Waals surface area contributed by atoms with Crippen LogP contribution in [0.25, 0.3) is 116 Å². The minimum absolute atomic E-state index is 0.0620. The summed E-state index contributed by atoms with van der Waals surface area (Å²) < 4.78 is 2.44. The average molecular weight is 816 g/mol. The summed E-state index contributed by atoms with van der Waals surface area (Å²) in [6, 6.07) is 75.2. The summed E-state index contributed by atoms with van der Waals surface area (Å²) in [4.78, 5) is 10.3. The minimum atomic E-state index is -0.0620. The second-order valence-corrected chi connectivity index (χ2v) is 17.8. The Labute approximate surface area is 371 Å². The Morgan fingerprint density at radius 2 is 0.891 bits per heavy atom. The second-order valence-electron chi connectivity index (χ2n) is 17.8. The molecule has 3 nitrogen and oxygen atoms in total. The smallest absolute Gasteiger partial charge is 0.0979 e. The highest BCUT2D eigenvalue weighted by molar-refractivity contribution is 6.23. The third-order valence-electron chi connectivity index (χ3n) is 13.8. The fourth-order valence-corrected chi connectivity index (χ4v) is 10.6. The number of aromatic nitrogens is 3. The molecule has 300 valence electrons. The molecule has 0 fully saturated rings. The summed E-state index contributed by atoms with van der Waals surface area (Å²) in [5.41, 5.74) is 19.9. The molecule has 1 aliphatic carbocycles. The molecule has 3 heteroatoms. The molecule has 0 amide bonds. The standard InChI is InChI=1S/C61H41N3/c1-61(2)54-23-9-7-19-48(54)49-31-30-45(36-55(49)61)64-57-24-10-8-20-50(57)53-35-43(29-32-58(53)64)39-27-25-38(26-28-39)40-13-11-14-41(33-40)42-15-12-16-44(34-42)56-37-62-59-51-21-5-3-17-46(51)47-18-4-6-22-52(47)60(59)63-56/h3-37H,1-2H3. The van der Waals surface area contributed by atoms with Crippen molar-refractivity contribution in [3.8, 4) is 61.5 Å². The Morgan fingerprint density at radius 3 is 1.62 bits per heavy atom. The van der Waals surface area contributed by atoms with Gasteiger partial charge >= 0.3 is 0 Å². The van der Waals surface area contributed by atoms with Gasteiger partial charge in [-0.05, 0) is 109 Å². The van der Waals surface area contributed by atoms with Crippen molar-refractivity contribution in [1.82, 2.24) is 14.5 Å². The molecule has 10 aromatic carbocycles. The van der Waals surface area contributed by atoms with Gasteiger partial charge in [0.2, 0.25) is 0 Å². The van der Waals surface area contributed by atoms with Gasteiger partial charge in [0.05, 0.1) is 34.0 Å². The van der Waals surface area contributed by atoms with Crippen LogP contribution < -0.4 is 0 Å². The van der Waals surface area contributed by atoms with Gasteiger partial charge in [-0.15, -0.1) is 0 Å². The van der Waals surface area contributed by atoms with Crippen molar-refractivity contribution in [2.24, 2.45) is 0 Å². The van der Waals surface area contributed by atoms with Crippen molar-refractivity contribution < 1.29 is 0 Å². The molecule has 64 heavy (non-hydrogen) atoms. The van der Waals surface area contributed by atoms with E-state index in [1.807, 2.05) is 6.20 Å². The summed E-state index contributed by atoms with van der Waals surface area (Å²) in [6.07, 6.45) is 1.92. The van der Waals surface area contributed by atoms with Gasteiger partial charge in [0, 0.05) is 38.2 Å². The van der Waals surface area contributed by atoms with Crippen LogP contribution >= 0.6 is 0 Å². The Balaban J connectivity index is 0.819. The van der Waals surface area contributed by atoms with Crippen LogP contribution in [-0.2, 0) is 5.41 Å². The Bertz CT molecular complexity index is 3840. The lowest BCUT2D eigenvalue weighted by Crippen LogP contribution is -2.15. The Morgan fingerprint density at radius 1 is 0.359 bits per heavy atom.